The number of nitrogens with zero attached hydrogens (tertiary/aromatic N) is 3. The second-order valence-corrected chi connectivity index (χ2v) is 12.2. The van der Waals surface area contributed by atoms with Crippen molar-refractivity contribution in [3.05, 3.63) is 54.5 Å². The van der Waals surface area contributed by atoms with Crippen LogP contribution in [0.3, 0.4) is 0 Å². The molecule has 1 saturated carbocycles. The number of benzene rings is 1. The molecule has 2 aromatic heterocycles. The zero-order chi connectivity index (χ0) is 26.5. The third kappa shape index (κ3) is 4.56. The highest BCUT2D eigenvalue weighted by atomic mass is 31.2. The van der Waals surface area contributed by atoms with Crippen molar-refractivity contribution in [2.75, 3.05) is 12.3 Å². The lowest BCUT2D eigenvalue weighted by molar-refractivity contribution is -0.104. The minimum Gasteiger partial charge on any atom is -0.387 e. The van der Waals surface area contributed by atoms with Gasteiger partial charge in [-0.3, -0.25) is 13.6 Å². The molecule has 6 rings (SSSR count). The van der Waals surface area contributed by atoms with Crippen molar-refractivity contribution >= 4 is 24.7 Å². The van der Waals surface area contributed by atoms with E-state index in [0.29, 0.717) is 23.3 Å². The molecule has 3 aromatic rings. The van der Waals surface area contributed by atoms with Crippen molar-refractivity contribution in [1.29, 1.82) is 0 Å². The SMILES string of the molecule is C[C@@]1(O)[C@H](O)[C@@H](CO[P@]2(=O)O[C@H](c3ccccc3)CC3(CCCCC3)O2)O[C@H]1n1ccc2c(N)ncnc21. The predicted octanol–water partition coefficient (Wildman–Crippen LogP) is 4.03. The fourth-order valence-electron chi connectivity index (χ4n) is 5.94. The third-order valence-corrected chi connectivity index (χ3v) is 9.59. The molecule has 2 saturated heterocycles. The molecule has 12 heteroatoms. The summed E-state index contributed by atoms with van der Waals surface area (Å²) in [7, 11) is -4.03. The minimum absolute atomic E-state index is 0.293. The van der Waals surface area contributed by atoms with E-state index in [1.54, 1.807) is 16.8 Å². The van der Waals surface area contributed by atoms with Crippen molar-refractivity contribution in [2.24, 2.45) is 0 Å². The smallest absolute Gasteiger partial charge is 0.387 e. The van der Waals surface area contributed by atoms with Crippen molar-refractivity contribution in [2.45, 2.75) is 81.2 Å². The van der Waals surface area contributed by atoms with Crippen LogP contribution in [0, 0.1) is 0 Å². The van der Waals surface area contributed by atoms with E-state index in [-0.39, 0.29) is 6.61 Å². The van der Waals surface area contributed by atoms with Crippen LogP contribution in [0.1, 0.15) is 63.3 Å². The summed E-state index contributed by atoms with van der Waals surface area (Å²) in [6.07, 6.45) is 4.38. The van der Waals surface area contributed by atoms with Gasteiger partial charge in [0, 0.05) is 12.6 Å². The van der Waals surface area contributed by atoms with Gasteiger partial charge in [0.1, 0.15) is 35.6 Å². The first-order valence-corrected chi connectivity index (χ1v) is 14.5. The van der Waals surface area contributed by atoms with Crippen molar-refractivity contribution in [3.8, 4) is 0 Å². The normalized spacial score (nSPS) is 35.1. The van der Waals surface area contributed by atoms with Crippen LogP contribution < -0.4 is 5.73 Å². The lowest BCUT2D eigenvalue weighted by Crippen LogP contribution is -2.44. The molecular weight excluding hydrogens is 511 g/mol. The minimum atomic E-state index is -4.03. The Hall–Kier alpha value is -2.37. The number of nitrogens with two attached hydrogens (primary N) is 1. The number of aliphatic hydroxyl groups excluding tert-OH is 1. The van der Waals surface area contributed by atoms with Crippen LogP contribution >= 0.6 is 7.82 Å². The van der Waals surface area contributed by atoms with E-state index in [9.17, 15) is 14.8 Å². The molecule has 0 radical (unpaired) electrons. The standard InChI is InChI=1S/C26H33N4O7P/c1-25(32)21(31)20(35-24(25)30-13-10-18-22(27)28-16-29-23(18)30)15-34-38(33)36-19(17-8-4-2-5-9-17)14-26(37-38)11-6-3-7-12-26/h2,4-5,8-10,13,16,19-21,24,31-32H,3,6-7,11-12,14-15H2,1H3,(H2,27,28,29)/t19-,20+,21+,24+,25+,38+/m0/s1. The maximum absolute atomic E-state index is 13.9. The number of fused-ring (bicyclic) bond motifs is 1. The van der Waals surface area contributed by atoms with E-state index < -0.39 is 43.6 Å². The first-order valence-electron chi connectivity index (χ1n) is 13.0. The van der Waals surface area contributed by atoms with Gasteiger partial charge >= 0.3 is 7.82 Å². The van der Waals surface area contributed by atoms with Crippen molar-refractivity contribution < 1.29 is 33.1 Å². The summed E-state index contributed by atoms with van der Waals surface area (Å²) in [5.41, 5.74) is 5.00. The molecule has 0 amide bonds. The van der Waals surface area contributed by atoms with Crippen LogP contribution in [0.15, 0.2) is 48.9 Å². The topological polar surface area (TPSA) is 151 Å². The highest BCUT2D eigenvalue weighted by Gasteiger charge is 2.55. The summed E-state index contributed by atoms with van der Waals surface area (Å²) >= 11 is 0. The summed E-state index contributed by atoms with van der Waals surface area (Å²) in [5, 5.41) is 22.8. The molecule has 0 bridgehead atoms. The number of nitrogen functional groups attached to an aromatic ring is 1. The first kappa shape index (κ1) is 25.9. The van der Waals surface area contributed by atoms with Gasteiger partial charge in [0.15, 0.2) is 6.23 Å². The molecule has 1 spiro atoms. The van der Waals surface area contributed by atoms with E-state index in [0.717, 1.165) is 37.7 Å². The maximum Gasteiger partial charge on any atom is 0.476 e. The van der Waals surface area contributed by atoms with Gasteiger partial charge in [-0.2, -0.15) is 0 Å². The van der Waals surface area contributed by atoms with E-state index in [4.69, 9.17) is 24.0 Å². The Morgan fingerprint density at radius 3 is 2.71 bits per heavy atom. The Morgan fingerprint density at radius 2 is 1.95 bits per heavy atom. The van der Waals surface area contributed by atoms with Gasteiger partial charge in [-0.05, 0) is 31.4 Å². The number of phosphoric ester groups is 1. The molecule has 3 aliphatic rings. The van der Waals surface area contributed by atoms with Gasteiger partial charge in [-0.1, -0.05) is 49.6 Å². The van der Waals surface area contributed by atoms with Gasteiger partial charge in [0.25, 0.3) is 0 Å². The second kappa shape index (κ2) is 9.67. The van der Waals surface area contributed by atoms with Crippen molar-refractivity contribution in [3.63, 3.8) is 0 Å². The van der Waals surface area contributed by atoms with Gasteiger partial charge in [-0.25, -0.2) is 14.5 Å². The fraction of sp³-hybridized carbons (Fsp3) is 0.538. The lowest BCUT2D eigenvalue weighted by atomic mass is 9.80. The van der Waals surface area contributed by atoms with Crippen LogP contribution in [-0.4, -0.2) is 54.8 Å². The largest absolute Gasteiger partial charge is 0.476 e. The van der Waals surface area contributed by atoms with Crippen LogP contribution in [0.2, 0.25) is 0 Å². The van der Waals surface area contributed by atoms with Crippen LogP contribution in [0.5, 0.6) is 0 Å². The second-order valence-electron chi connectivity index (χ2n) is 10.7. The van der Waals surface area contributed by atoms with Crippen LogP contribution in [0.25, 0.3) is 11.0 Å². The Kier molecular flexibility index (Phi) is 6.59. The Bertz CT molecular complexity index is 1340. The highest BCUT2D eigenvalue weighted by molar-refractivity contribution is 7.48. The first-order chi connectivity index (χ1) is 18.2. The van der Waals surface area contributed by atoms with Gasteiger partial charge in [0.2, 0.25) is 0 Å². The molecule has 3 fully saturated rings. The molecule has 6 atom stereocenters. The van der Waals surface area contributed by atoms with Gasteiger partial charge < -0.3 is 25.3 Å². The maximum atomic E-state index is 13.9. The highest BCUT2D eigenvalue weighted by Crippen LogP contribution is 2.64. The average Bonchev–Trinajstić information content (AvgIpc) is 3.42. The fourth-order valence-corrected chi connectivity index (χ4v) is 7.67. The van der Waals surface area contributed by atoms with Crippen molar-refractivity contribution in [1.82, 2.24) is 14.5 Å². The van der Waals surface area contributed by atoms with E-state index in [2.05, 4.69) is 9.97 Å². The molecule has 1 aliphatic carbocycles. The molecule has 11 nitrogen and oxygen atoms in total. The Morgan fingerprint density at radius 1 is 1.18 bits per heavy atom. The number of aromatic nitrogens is 3. The molecule has 204 valence electrons. The van der Waals surface area contributed by atoms with E-state index >= 15 is 0 Å². The molecule has 38 heavy (non-hydrogen) atoms. The molecule has 4 heterocycles. The molecular formula is C26H33N4O7P. The zero-order valence-corrected chi connectivity index (χ0v) is 22.1. The average molecular weight is 545 g/mol. The summed E-state index contributed by atoms with van der Waals surface area (Å²) < 4.78 is 39.6. The monoisotopic (exact) mass is 544 g/mol. The number of phosphoric acid groups is 1. The summed E-state index contributed by atoms with van der Waals surface area (Å²) in [4.78, 5) is 8.25. The van der Waals surface area contributed by atoms with Gasteiger partial charge in [-0.15, -0.1) is 0 Å². The van der Waals surface area contributed by atoms with Crippen LogP contribution in [-0.2, 0) is 22.9 Å². The number of hydrogen-bond acceptors (Lipinski definition) is 10. The Balaban J connectivity index is 1.23. The zero-order valence-electron chi connectivity index (χ0n) is 21.2. The third-order valence-electron chi connectivity index (χ3n) is 8.00. The van der Waals surface area contributed by atoms with Crippen LogP contribution in [0.4, 0.5) is 5.82 Å². The van der Waals surface area contributed by atoms with E-state index in [1.165, 1.54) is 13.3 Å². The number of hydrogen-bond donors (Lipinski definition) is 3. The molecule has 4 N–H and O–H groups in total. The summed E-state index contributed by atoms with van der Waals surface area (Å²) in [6, 6.07) is 11.4. The number of anilines is 1. The summed E-state index contributed by atoms with van der Waals surface area (Å²) in [5.74, 6) is 0.293. The number of aliphatic hydroxyl groups is 2. The molecule has 1 aromatic carbocycles. The lowest BCUT2D eigenvalue weighted by Gasteiger charge is -2.45. The number of rotatable bonds is 5. The Labute approximate surface area is 220 Å². The predicted molar refractivity (Wildman–Crippen MR) is 138 cm³/mol. The molecule has 2 aliphatic heterocycles. The summed E-state index contributed by atoms with van der Waals surface area (Å²) in [6.45, 7) is 1.16. The quantitative estimate of drug-likeness (QED) is 0.402. The number of ether oxygens (including phenoxy) is 1. The van der Waals surface area contributed by atoms with Gasteiger partial charge in [0.05, 0.1) is 23.7 Å². The van der Waals surface area contributed by atoms with E-state index in [1.807, 2.05) is 30.3 Å². The molecule has 0 unspecified atom stereocenters.